The smallest absolute Gasteiger partial charge is 0.325 e. The Bertz CT molecular complexity index is 189. The number of esters is 1. The molecule has 0 aromatic heterocycles. The molecule has 13 heavy (non-hydrogen) atoms. The Morgan fingerprint density at radius 1 is 1.62 bits per heavy atom. The molecule has 1 atom stereocenters. The highest BCUT2D eigenvalue weighted by atomic mass is 16.5. The van der Waals surface area contributed by atoms with Crippen LogP contribution in [0, 0.1) is 5.92 Å². The van der Waals surface area contributed by atoms with Crippen molar-refractivity contribution >= 4 is 5.97 Å². The number of ether oxygens (including phenoxy) is 1. The van der Waals surface area contributed by atoms with E-state index in [-0.39, 0.29) is 5.97 Å². The van der Waals surface area contributed by atoms with E-state index in [4.69, 9.17) is 4.74 Å². The van der Waals surface area contributed by atoms with Crippen LogP contribution >= 0.6 is 0 Å². The molecule has 0 spiro atoms. The second-order valence-corrected chi connectivity index (χ2v) is 4.00. The van der Waals surface area contributed by atoms with Crippen molar-refractivity contribution < 1.29 is 9.53 Å². The second kappa shape index (κ2) is 4.09. The average molecular weight is 185 g/mol. The van der Waals surface area contributed by atoms with E-state index >= 15 is 0 Å². The molecule has 1 rings (SSSR count). The summed E-state index contributed by atoms with van der Waals surface area (Å²) in [6, 6.07) is 0. The fraction of sp³-hybridized carbons (Fsp3) is 0.900. The number of likely N-dealkylation sites (N-methyl/N-ethyl adjacent to an activating group) is 1. The molecule has 0 bridgehead atoms. The van der Waals surface area contributed by atoms with E-state index in [0.717, 1.165) is 18.9 Å². The predicted octanol–water partition coefficient (Wildman–Crippen LogP) is 1.33. The minimum atomic E-state index is -0.468. The standard InChI is InChI=1S/C10H19NO2/c1-4-11-10(2,9(12)13-3)7-8-5-6-8/h8,11H,4-7H2,1-3H3. The van der Waals surface area contributed by atoms with E-state index in [1.807, 2.05) is 13.8 Å². The first-order valence-corrected chi connectivity index (χ1v) is 4.96. The normalized spacial score (nSPS) is 20.8. The molecule has 76 valence electrons. The lowest BCUT2D eigenvalue weighted by Crippen LogP contribution is -2.50. The summed E-state index contributed by atoms with van der Waals surface area (Å²) in [5.74, 6) is 0.587. The zero-order valence-corrected chi connectivity index (χ0v) is 8.72. The van der Waals surface area contributed by atoms with Crippen molar-refractivity contribution in [3.05, 3.63) is 0 Å². The van der Waals surface area contributed by atoms with Crippen LogP contribution in [0.4, 0.5) is 0 Å². The number of hydrogen-bond acceptors (Lipinski definition) is 3. The first-order chi connectivity index (χ1) is 6.12. The van der Waals surface area contributed by atoms with Crippen LogP contribution in [0.2, 0.25) is 0 Å². The van der Waals surface area contributed by atoms with Crippen molar-refractivity contribution in [1.29, 1.82) is 0 Å². The second-order valence-electron chi connectivity index (χ2n) is 4.00. The van der Waals surface area contributed by atoms with Gasteiger partial charge in [-0.1, -0.05) is 19.8 Å². The van der Waals surface area contributed by atoms with Crippen molar-refractivity contribution in [2.75, 3.05) is 13.7 Å². The first-order valence-electron chi connectivity index (χ1n) is 4.96. The van der Waals surface area contributed by atoms with Gasteiger partial charge in [0.05, 0.1) is 7.11 Å². The van der Waals surface area contributed by atoms with Gasteiger partial charge < -0.3 is 10.1 Å². The quantitative estimate of drug-likeness (QED) is 0.657. The Balaban J connectivity index is 2.54. The summed E-state index contributed by atoms with van der Waals surface area (Å²) in [5.41, 5.74) is -0.468. The van der Waals surface area contributed by atoms with Crippen LogP contribution in [0.1, 0.15) is 33.1 Å². The third kappa shape index (κ3) is 2.69. The van der Waals surface area contributed by atoms with Crippen LogP contribution in [0.5, 0.6) is 0 Å². The van der Waals surface area contributed by atoms with E-state index in [2.05, 4.69) is 5.32 Å². The molecule has 3 heteroatoms. The van der Waals surface area contributed by atoms with Crippen molar-refractivity contribution in [2.45, 2.75) is 38.6 Å². The third-order valence-electron chi connectivity index (χ3n) is 2.60. The number of methoxy groups -OCH3 is 1. The maximum absolute atomic E-state index is 11.5. The lowest BCUT2D eigenvalue weighted by molar-refractivity contribution is -0.148. The van der Waals surface area contributed by atoms with Gasteiger partial charge in [0.1, 0.15) is 5.54 Å². The molecule has 0 aromatic carbocycles. The average Bonchev–Trinajstić information content (AvgIpc) is 2.87. The molecule has 1 saturated carbocycles. The van der Waals surface area contributed by atoms with Crippen LogP contribution in [0.3, 0.4) is 0 Å². The van der Waals surface area contributed by atoms with Gasteiger partial charge in [0.15, 0.2) is 0 Å². The SMILES string of the molecule is CCNC(C)(CC1CC1)C(=O)OC. The maximum atomic E-state index is 11.5. The van der Waals surface area contributed by atoms with Gasteiger partial charge in [-0.15, -0.1) is 0 Å². The lowest BCUT2D eigenvalue weighted by Gasteiger charge is -2.27. The molecule has 0 saturated heterocycles. The van der Waals surface area contributed by atoms with Crippen LogP contribution in [0.15, 0.2) is 0 Å². The highest BCUT2D eigenvalue weighted by molar-refractivity contribution is 5.80. The summed E-state index contributed by atoms with van der Waals surface area (Å²) in [5, 5.41) is 3.21. The molecule has 1 unspecified atom stereocenters. The Hall–Kier alpha value is -0.570. The molecule has 1 N–H and O–H groups in total. The Labute approximate surface area is 79.8 Å². The largest absolute Gasteiger partial charge is 0.468 e. The number of carbonyl (C=O) groups is 1. The molecular weight excluding hydrogens is 166 g/mol. The summed E-state index contributed by atoms with van der Waals surface area (Å²) in [4.78, 5) is 11.5. The third-order valence-corrected chi connectivity index (χ3v) is 2.60. The minimum absolute atomic E-state index is 0.138. The van der Waals surface area contributed by atoms with Crippen molar-refractivity contribution in [3.63, 3.8) is 0 Å². The van der Waals surface area contributed by atoms with Gasteiger partial charge in [-0.05, 0) is 25.8 Å². The van der Waals surface area contributed by atoms with Gasteiger partial charge in [0.2, 0.25) is 0 Å². The number of carbonyl (C=O) groups excluding carboxylic acids is 1. The van der Waals surface area contributed by atoms with Gasteiger partial charge in [0.25, 0.3) is 0 Å². The zero-order chi connectivity index (χ0) is 9.90. The van der Waals surface area contributed by atoms with Gasteiger partial charge >= 0.3 is 5.97 Å². The molecule has 0 heterocycles. The fourth-order valence-corrected chi connectivity index (χ4v) is 1.74. The number of rotatable bonds is 5. The molecule has 3 nitrogen and oxygen atoms in total. The van der Waals surface area contributed by atoms with Crippen molar-refractivity contribution in [3.8, 4) is 0 Å². The molecule has 0 aliphatic heterocycles. The van der Waals surface area contributed by atoms with E-state index in [0.29, 0.717) is 0 Å². The lowest BCUT2D eigenvalue weighted by atomic mass is 9.95. The van der Waals surface area contributed by atoms with Crippen LogP contribution < -0.4 is 5.32 Å². The topological polar surface area (TPSA) is 38.3 Å². The van der Waals surface area contributed by atoms with Crippen LogP contribution in [-0.4, -0.2) is 25.2 Å². The molecule has 1 aliphatic carbocycles. The maximum Gasteiger partial charge on any atom is 0.325 e. The summed E-state index contributed by atoms with van der Waals surface area (Å²) in [6.07, 6.45) is 3.43. The molecule has 0 amide bonds. The number of nitrogens with one attached hydrogen (secondary N) is 1. The van der Waals surface area contributed by atoms with Gasteiger partial charge in [-0.25, -0.2) is 0 Å². The monoisotopic (exact) mass is 185 g/mol. The molecular formula is C10H19NO2. The van der Waals surface area contributed by atoms with Crippen LogP contribution in [-0.2, 0) is 9.53 Å². The van der Waals surface area contributed by atoms with Crippen LogP contribution in [0.25, 0.3) is 0 Å². The fourth-order valence-electron chi connectivity index (χ4n) is 1.74. The molecule has 1 fully saturated rings. The van der Waals surface area contributed by atoms with E-state index < -0.39 is 5.54 Å². The Kier molecular flexibility index (Phi) is 3.31. The highest BCUT2D eigenvalue weighted by Crippen LogP contribution is 2.37. The summed E-state index contributed by atoms with van der Waals surface area (Å²) >= 11 is 0. The van der Waals surface area contributed by atoms with Gasteiger partial charge in [-0.3, -0.25) is 4.79 Å². The Morgan fingerprint density at radius 2 is 2.23 bits per heavy atom. The van der Waals surface area contributed by atoms with Gasteiger partial charge in [-0.2, -0.15) is 0 Å². The number of hydrogen-bond donors (Lipinski definition) is 1. The zero-order valence-electron chi connectivity index (χ0n) is 8.72. The van der Waals surface area contributed by atoms with E-state index in [1.54, 1.807) is 0 Å². The summed E-state index contributed by atoms with van der Waals surface area (Å²) in [6.45, 7) is 4.74. The van der Waals surface area contributed by atoms with E-state index in [1.165, 1.54) is 20.0 Å². The van der Waals surface area contributed by atoms with Gasteiger partial charge in [0, 0.05) is 0 Å². The summed E-state index contributed by atoms with van der Waals surface area (Å²) in [7, 11) is 1.45. The molecule has 1 aliphatic rings. The van der Waals surface area contributed by atoms with E-state index in [9.17, 15) is 4.79 Å². The van der Waals surface area contributed by atoms with Crippen molar-refractivity contribution in [1.82, 2.24) is 5.32 Å². The van der Waals surface area contributed by atoms with Crippen molar-refractivity contribution in [2.24, 2.45) is 5.92 Å². The highest BCUT2D eigenvalue weighted by Gasteiger charge is 2.39. The Morgan fingerprint density at radius 3 is 2.62 bits per heavy atom. The molecule has 0 radical (unpaired) electrons. The predicted molar refractivity (Wildman–Crippen MR) is 51.4 cm³/mol. The summed E-state index contributed by atoms with van der Waals surface area (Å²) < 4.78 is 4.80. The first kappa shape index (κ1) is 10.5. The minimum Gasteiger partial charge on any atom is -0.468 e. The molecule has 0 aromatic rings.